The van der Waals surface area contributed by atoms with Gasteiger partial charge < -0.3 is 19.5 Å². The number of methoxy groups -OCH3 is 1. The van der Waals surface area contributed by atoms with Crippen molar-refractivity contribution in [2.75, 3.05) is 25.6 Å². The number of aryl methyl sites for hydroxylation is 1. The molecule has 9 heteroatoms. The number of halogens is 3. The number of rotatable bonds is 8. The summed E-state index contributed by atoms with van der Waals surface area (Å²) in [4.78, 5) is 9.02. The second-order valence-electron chi connectivity index (χ2n) is 9.05. The summed E-state index contributed by atoms with van der Waals surface area (Å²) in [6.07, 6.45) is 0.823. The first kappa shape index (κ1) is 25.0. The first-order valence-corrected chi connectivity index (χ1v) is 11.6. The van der Waals surface area contributed by atoms with E-state index in [4.69, 9.17) is 14.2 Å². The van der Waals surface area contributed by atoms with Crippen molar-refractivity contribution in [2.24, 2.45) is 5.92 Å². The molecule has 35 heavy (non-hydrogen) atoms. The van der Waals surface area contributed by atoms with E-state index in [1.807, 2.05) is 6.92 Å². The number of ether oxygens (including phenoxy) is 3. The van der Waals surface area contributed by atoms with Crippen molar-refractivity contribution in [2.45, 2.75) is 52.2 Å². The first-order chi connectivity index (χ1) is 16.6. The van der Waals surface area contributed by atoms with Crippen LogP contribution in [-0.4, -0.2) is 36.4 Å². The molecule has 0 amide bonds. The second kappa shape index (κ2) is 9.89. The molecule has 2 heterocycles. The van der Waals surface area contributed by atoms with E-state index in [9.17, 15) is 13.2 Å². The lowest BCUT2D eigenvalue weighted by Crippen LogP contribution is -2.24. The molecule has 3 aromatic rings. The number of fused-ring (bicyclic) bond motifs is 1. The average Bonchev–Trinajstić information content (AvgIpc) is 3.33. The van der Waals surface area contributed by atoms with Crippen LogP contribution in [0.25, 0.3) is 10.9 Å². The zero-order valence-electron chi connectivity index (χ0n) is 20.5. The SMILES string of the molecule is COc1cc2nc(C)nc(N[C@H](C)c3cccc(C(C)(F)F)c3F)c2cc1OC(C)C1CCOC1. The number of hydrogen-bond donors (Lipinski definition) is 1. The van der Waals surface area contributed by atoms with Gasteiger partial charge >= 0.3 is 0 Å². The van der Waals surface area contributed by atoms with Gasteiger partial charge in [-0.15, -0.1) is 0 Å². The Labute approximate surface area is 202 Å². The number of alkyl halides is 2. The van der Waals surface area contributed by atoms with Gasteiger partial charge in [0.25, 0.3) is 5.92 Å². The second-order valence-corrected chi connectivity index (χ2v) is 9.05. The Bertz CT molecular complexity index is 1210. The summed E-state index contributed by atoms with van der Waals surface area (Å²) in [7, 11) is 1.56. The molecule has 0 saturated carbocycles. The maximum atomic E-state index is 15.0. The summed E-state index contributed by atoms with van der Waals surface area (Å²) >= 11 is 0. The topological polar surface area (TPSA) is 65.5 Å². The summed E-state index contributed by atoms with van der Waals surface area (Å²) < 4.78 is 60.0. The van der Waals surface area contributed by atoms with Gasteiger partial charge in [0.05, 0.1) is 30.8 Å². The third-order valence-electron chi connectivity index (χ3n) is 6.36. The van der Waals surface area contributed by atoms with Crippen LogP contribution in [0.5, 0.6) is 11.5 Å². The smallest absolute Gasteiger partial charge is 0.273 e. The number of anilines is 1. The van der Waals surface area contributed by atoms with Crippen LogP contribution < -0.4 is 14.8 Å². The molecule has 3 atom stereocenters. The van der Waals surface area contributed by atoms with Gasteiger partial charge in [-0.1, -0.05) is 18.2 Å². The Morgan fingerprint density at radius 3 is 2.60 bits per heavy atom. The van der Waals surface area contributed by atoms with Crippen molar-refractivity contribution < 1.29 is 27.4 Å². The number of benzene rings is 2. The van der Waals surface area contributed by atoms with Crippen LogP contribution in [0.2, 0.25) is 0 Å². The lowest BCUT2D eigenvalue weighted by molar-refractivity contribution is 0.0136. The molecule has 0 bridgehead atoms. The van der Waals surface area contributed by atoms with Crippen molar-refractivity contribution in [3.63, 3.8) is 0 Å². The Morgan fingerprint density at radius 1 is 1.17 bits per heavy atom. The molecule has 2 aromatic carbocycles. The number of hydrogen-bond acceptors (Lipinski definition) is 6. The molecule has 6 nitrogen and oxygen atoms in total. The van der Waals surface area contributed by atoms with Crippen molar-refractivity contribution in [3.05, 3.63) is 53.1 Å². The van der Waals surface area contributed by atoms with Crippen LogP contribution >= 0.6 is 0 Å². The van der Waals surface area contributed by atoms with Gasteiger partial charge in [-0.3, -0.25) is 0 Å². The van der Waals surface area contributed by atoms with E-state index in [-0.39, 0.29) is 17.6 Å². The molecule has 1 aliphatic heterocycles. The quantitative estimate of drug-likeness (QED) is 0.408. The molecule has 1 N–H and O–H groups in total. The van der Waals surface area contributed by atoms with Crippen molar-refractivity contribution in [3.8, 4) is 11.5 Å². The Hall–Kier alpha value is -3.07. The molecular formula is C26H30F3N3O3. The van der Waals surface area contributed by atoms with Gasteiger partial charge in [-0.2, -0.15) is 0 Å². The minimum atomic E-state index is -3.29. The Balaban J connectivity index is 1.71. The van der Waals surface area contributed by atoms with E-state index in [0.29, 0.717) is 54.2 Å². The normalized spacial score (nSPS) is 17.9. The van der Waals surface area contributed by atoms with Crippen LogP contribution in [0.4, 0.5) is 19.0 Å². The predicted octanol–water partition coefficient (Wildman–Crippen LogP) is 6.17. The molecule has 188 valence electrons. The summed E-state index contributed by atoms with van der Waals surface area (Å²) in [6, 6.07) is 6.94. The molecule has 1 fully saturated rings. The fourth-order valence-electron chi connectivity index (χ4n) is 4.34. The summed E-state index contributed by atoms with van der Waals surface area (Å²) in [5, 5.41) is 3.83. The van der Waals surface area contributed by atoms with Gasteiger partial charge in [0.1, 0.15) is 23.6 Å². The number of aromatic nitrogens is 2. The van der Waals surface area contributed by atoms with Crippen LogP contribution in [0.3, 0.4) is 0 Å². The van der Waals surface area contributed by atoms with Crippen molar-refractivity contribution >= 4 is 16.7 Å². The summed E-state index contributed by atoms with van der Waals surface area (Å²) in [6.45, 7) is 7.48. The molecule has 1 aromatic heterocycles. The predicted molar refractivity (Wildman–Crippen MR) is 128 cm³/mol. The zero-order chi connectivity index (χ0) is 25.3. The lowest BCUT2D eigenvalue weighted by Gasteiger charge is -2.23. The monoisotopic (exact) mass is 489 g/mol. The first-order valence-electron chi connectivity index (χ1n) is 11.6. The molecule has 0 aliphatic carbocycles. The van der Waals surface area contributed by atoms with E-state index in [1.54, 1.807) is 33.1 Å². The molecule has 2 unspecified atom stereocenters. The van der Waals surface area contributed by atoms with Gasteiger partial charge in [0.15, 0.2) is 11.5 Å². The van der Waals surface area contributed by atoms with E-state index in [0.717, 1.165) is 12.5 Å². The molecule has 4 rings (SSSR count). The summed E-state index contributed by atoms with van der Waals surface area (Å²) in [5.41, 5.74) is 0.0912. The van der Waals surface area contributed by atoms with Crippen LogP contribution in [0, 0.1) is 18.7 Å². The Kier molecular flexibility index (Phi) is 7.07. The van der Waals surface area contributed by atoms with E-state index >= 15 is 0 Å². The van der Waals surface area contributed by atoms with E-state index in [2.05, 4.69) is 15.3 Å². The molecule has 1 saturated heterocycles. The van der Waals surface area contributed by atoms with E-state index < -0.39 is 23.3 Å². The van der Waals surface area contributed by atoms with Gasteiger partial charge in [-0.25, -0.2) is 23.1 Å². The van der Waals surface area contributed by atoms with Crippen molar-refractivity contribution in [1.29, 1.82) is 0 Å². The van der Waals surface area contributed by atoms with Crippen molar-refractivity contribution in [1.82, 2.24) is 9.97 Å². The van der Waals surface area contributed by atoms with Gasteiger partial charge in [0.2, 0.25) is 0 Å². The fourth-order valence-corrected chi connectivity index (χ4v) is 4.34. The zero-order valence-corrected chi connectivity index (χ0v) is 20.5. The lowest BCUT2D eigenvalue weighted by atomic mass is 10.0. The minimum Gasteiger partial charge on any atom is -0.493 e. The third kappa shape index (κ3) is 5.29. The highest BCUT2D eigenvalue weighted by molar-refractivity contribution is 5.92. The molecular weight excluding hydrogens is 459 g/mol. The third-order valence-corrected chi connectivity index (χ3v) is 6.36. The molecule has 1 aliphatic rings. The highest BCUT2D eigenvalue weighted by Crippen LogP contribution is 2.38. The maximum absolute atomic E-state index is 15.0. The standard InChI is InChI=1S/C26H30F3N3O3/c1-14(18-7-6-8-20(24(18)27)26(4,28)29)30-25-19-11-23(35-15(2)17-9-10-34-13-17)22(33-5)12-21(19)31-16(3)32-25/h6-8,11-12,14-15,17H,9-10,13H2,1-5H3,(H,30,31,32)/t14-,15?,17?/m1/s1. The number of nitrogens with zero attached hydrogens (tertiary/aromatic N) is 2. The Morgan fingerprint density at radius 2 is 1.94 bits per heavy atom. The van der Waals surface area contributed by atoms with Crippen LogP contribution in [0.1, 0.15) is 50.2 Å². The van der Waals surface area contributed by atoms with Crippen LogP contribution in [-0.2, 0) is 10.7 Å². The largest absolute Gasteiger partial charge is 0.493 e. The highest BCUT2D eigenvalue weighted by atomic mass is 19.3. The van der Waals surface area contributed by atoms with E-state index in [1.165, 1.54) is 12.1 Å². The maximum Gasteiger partial charge on any atom is 0.273 e. The summed E-state index contributed by atoms with van der Waals surface area (Å²) in [5.74, 6) is -1.96. The van der Waals surface area contributed by atoms with Gasteiger partial charge in [0, 0.05) is 36.5 Å². The minimum absolute atomic E-state index is 0.0990. The molecule has 0 radical (unpaired) electrons. The average molecular weight is 490 g/mol. The van der Waals surface area contributed by atoms with Gasteiger partial charge in [-0.05, 0) is 33.3 Å². The van der Waals surface area contributed by atoms with Crippen LogP contribution in [0.15, 0.2) is 30.3 Å². The molecule has 0 spiro atoms. The fraction of sp³-hybridized carbons (Fsp3) is 0.462. The highest BCUT2D eigenvalue weighted by Gasteiger charge is 2.30. The number of nitrogens with one attached hydrogen (secondary N) is 1.